The first-order valence-electron chi connectivity index (χ1n) is 6.05. The third-order valence-corrected chi connectivity index (χ3v) is 2.61. The number of hydrogen-bond donors (Lipinski definition) is 2. The smallest absolute Gasteiger partial charge is 0.237 e. The van der Waals surface area contributed by atoms with E-state index in [2.05, 4.69) is 11.4 Å². The van der Waals surface area contributed by atoms with E-state index in [1.807, 2.05) is 26.0 Å². The van der Waals surface area contributed by atoms with E-state index in [-0.39, 0.29) is 5.91 Å². The lowest BCUT2D eigenvalue weighted by Crippen LogP contribution is -2.40. The number of rotatable bonds is 5. The van der Waals surface area contributed by atoms with Gasteiger partial charge in [-0.3, -0.25) is 4.79 Å². The van der Waals surface area contributed by atoms with Gasteiger partial charge in [-0.2, -0.15) is 5.26 Å². The molecule has 4 nitrogen and oxygen atoms in total. The van der Waals surface area contributed by atoms with Crippen molar-refractivity contribution in [1.82, 2.24) is 5.32 Å². The number of amides is 1. The van der Waals surface area contributed by atoms with Gasteiger partial charge in [0.2, 0.25) is 5.91 Å². The van der Waals surface area contributed by atoms with Gasteiger partial charge >= 0.3 is 0 Å². The molecule has 18 heavy (non-hydrogen) atoms. The molecule has 0 aromatic heterocycles. The molecule has 0 unspecified atom stereocenters. The summed E-state index contributed by atoms with van der Waals surface area (Å²) in [6.45, 7) is 4.51. The van der Waals surface area contributed by atoms with Crippen molar-refractivity contribution < 1.29 is 4.79 Å². The van der Waals surface area contributed by atoms with Crippen LogP contribution in [0.15, 0.2) is 24.3 Å². The highest BCUT2D eigenvalue weighted by atomic mass is 16.2. The summed E-state index contributed by atoms with van der Waals surface area (Å²) in [5.74, 6) is 0.272. The maximum Gasteiger partial charge on any atom is 0.237 e. The molecule has 0 radical (unpaired) electrons. The van der Waals surface area contributed by atoms with Gasteiger partial charge in [-0.25, -0.2) is 0 Å². The molecule has 0 saturated heterocycles. The van der Waals surface area contributed by atoms with Gasteiger partial charge in [0.05, 0.1) is 17.7 Å². The largest absolute Gasteiger partial charge is 0.351 e. The van der Waals surface area contributed by atoms with Crippen LogP contribution < -0.4 is 11.1 Å². The first-order valence-corrected chi connectivity index (χ1v) is 6.05. The third kappa shape index (κ3) is 4.56. The SMILES string of the molecule is CC(C)C[C@H](N)C(=O)NCc1ccc(C#N)cc1. The fourth-order valence-electron chi connectivity index (χ4n) is 1.63. The lowest BCUT2D eigenvalue weighted by molar-refractivity contribution is -0.122. The van der Waals surface area contributed by atoms with Crippen LogP contribution in [0.2, 0.25) is 0 Å². The normalized spacial score (nSPS) is 11.9. The molecule has 0 bridgehead atoms. The van der Waals surface area contributed by atoms with E-state index in [0.717, 1.165) is 5.56 Å². The molecule has 1 aromatic rings. The zero-order valence-corrected chi connectivity index (χ0v) is 10.8. The van der Waals surface area contributed by atoms with Crippen molar-refractivity contribution in [2.45, 2.75) is 32.9 Å². The number of nitrogens with one attached hydrogen (secondary N) is 1. The summed E-state index contributed by atoms with van der Waals surface area (Å²) >= 11 is 0. The summed E-state index contributed by atoms with van der Waals surface area (Å²) < 4.78 is 0. The van der Waals surface area contributed by atoms with Crippen LogP contribution in [-0.2, 0) is 11.3 Å². The summed E-state index contributed by atoms with van der Waals surface area (Å²) in [6, 6.07) is 8.71. The predicted molar refractivity (Wildman–Crippen MR) is 70.4 cm³/mol. The molecule has 0 spiro atoms. The van der Waals surface area contributed by atoms with Crippen LogP contribution in [0.3, 0.4) is 0 Å². The molecule has 1 amide bonds. The summed E-state index contributed by atoms with van der Waals surface area (Å²) in [6.07, 6.45) is 0.680. The number of nitrogens with zero attached hydrogens (tertiary/aromatic N) is 1. The minimum absolute atomic E-state index is 0.131. The lowest BCUT2D eigenvalue weighted by atomic mass is 10.0. The Morgan fingerprint density at radius 2 is 2.00 bits per heavy atom. The topological polar surface area (TPSA) is 78.9 Å². The average Bonchev–Trinajstić information content (AvgIpc) is 2.35. The van der Waals surface area contributed by atoms with Gasteiger partial charge in [0.1, 0.15) is 0 Å². The first-order chi connectivity index (χ1) is 8.52. The standard InChI is InChI=1S/C14H19N3O/c1-10(2)7-13(16)14(18)17-9-12-5-3-11(8-15)4-6-12/h3-6,10,13H,7,9,16H2,1-2H3,(H,17,18)/t13-/m0/s1. The summed E-state index contributed by atoms with van der Waals surface area (Å²) in [5.41, 5.74) is 7.34. The highest BCUT2D eigenvalue weighted by molar-refractivity contribution is 5.81. The molecular weight excluding hydrogens is 226 g/mol. The van der Waals surface area contributed by atoms with Crippen LogP contribution in [0, 0.1) is 17.2 Å². The predicted octanol–water partition coefficient (Wildman–Crippen LogP) is 1.55. The highest BCUT2D eigenvalue weighted by Crippen LogP contribution is 2.05. The number of carbonyl (C=O) groups is 1. The number of nitriles is 1. The molecule has 0 fully saturated rings. The Hall–Kier alpha value is -1.86. The zero-order chi connectivity index (χ0) is 13.5. The molecule has 96 valence electrons. The number of hydrogen-bond acceptors (Lipinski definition) is 3. The monoisotopic (exact) mass is 245 g/mol. The molecule has 0 saturated carbocycles. The maximum absolute atomic E-state index is 11.7. The molecule has 0 aliphatic rings. The average molecular weight is 245 g/mol. The van der Waals surface area contributed by atoms with E-state index in [0.29, 0.717) is 24.4 Å². The van der Waals surface area contributed by atoms with E-state index in [4.69, 9.17) is 11.0 Å². The van der Waals surface area contributed by atoms with Crippen molar-refractivity contribution in [1.29, 1.82) is 5.26 Å². The van der Waals surface area contributed by atoms with E-state index in [9.17, 15) is 4.79 Å². The molecule has 1 rings (SSSR count). The summed E-state index contributed by atoms with van der Waals surface area (Å²) in [4.78, 5) is 11.7. The minimum atomic E-state index is -0.455. The van der Waals surface area contributed by atoms with Crippen molar-refractivity contribution in [3.8, 4) is 6.07 Å². The van der Waals surface area contributed by atoms with Crippen molar-refractivity contribution in [3.63, 3.8) is 0 Å². The highest BCUT2D eigenvalue weighted by Gasteiger charge is 2.14. The van der Waals surface area contributed by atoms with E-state index in [1.165, 1.54) is 0 Å². The van der Waals surface area contributed by atoms with Crippen LogP contribution in [0.5, 0.6) is 0 Å². The second kappa shape index (κ2) is 6.77. The number of nitrogens with two attached hydrogens (primary N) is 1. The second-order valence-electron chi connectivity index (χ2n) is 4.76. The van der Waals surface area contributed by atoms with Crippen molar-refractivity contribution in [2.24, 2.45) is 11.7 Å². The van der Waals surface area contributed by atoms with Crippen LogP contribution in [0.4, 0.5) is 0 Å². The Morgan fingerprint density at radius 1 is 1.39 bits per heavy atom. The second-order valence-corrected chi connectivity index (χ2v) is 4.76. The van der Waals surface area contributed by atoms with E-state index < -0.39 is 6.04 Å². The van der Waals surface area contributed by atoms with Gasteiger partial charge < -0.3 is 11.1 Å². The fourth-order valence-corrected chi connectivity index (χ4v) is 1.63. The van der Waals surface area contributed by atoms with E-state index >= 15 is 0 Å². The molecule has 3 N–H and O–H groups in total. The van der Waals surface area contributed by atoms with Crippen LogP contribution >= 0.6 is 0 Å². The first kappa shape index (κ1) is 14.2. The van der Waals surface area contributed by atoms with Gasteiger partial charge in [-0.05, 0) is 30.0 Å². The Kier molecular flexibility index (Phi) is 5.34. The Labute approximate surface area is 108 Å². The number of benzene rings is 1. The summed E-state index contributed by atoms with van der Waals surface area (Å²) in [5, 5.41) is 11.5. The Morgan fingerprint density at radius 3 is 2.50 bits per heavy atom. The van der Waals surface area contributed by atoms with Crippen molar-refractivity contribution >= 4 is 5.91 Å². The molecule has 0 aliphatic carbocycles. The lowest BCUT2D eigenvalue weighted by Gasteiger charge is -2.14. The van der Waals surface area contributed by atoms with Crippen molar-refractivity contribution in [3.05, 3.63) is 35.4 Å². The molecule has 4 heteroatoms. The van der Waals surface area contributed by atoms with Crippen LogP contribution in [0.1, 0.15) is 31.4 Å². The van der Waals surface area contributed by atoms with Gasteiger partial charge in [0, 0.05) is 6.54 Å². The summed E-state index contributed by atoms with van der Waals surface area (Å²) in [7, 11) is 0. The molecular formula is C14H19N3O. The molecule has 1 aromatic carbocycles. The maximum atomic E-state index is 11.7. The zero-order valence-electron chi connectivity index (χ0n) is 10.8. The van der Waals surface area contributed by atoms with Crippen LogP contribution in [-0.4, -0.2) is 11.9 Å². The van der Waals surface area contributed by atoms with Gasteiger partial charge in [-0.15, -0.1) is 0 Å². The van der Waals surface area contributed by atoms with Gasteiger partial charge in [0.25, 0.3) is 0 Å². The van der Waals surface area contributed by atoms with Crippen molar-refractivity contribution in [2.75, 3.05) is 0 Å². The molecule has 0 aliphatic heterocycles. The Balaban J connectivity index is 2.44. The van der Waals surface area contributed by atoms with Gasteiger partial charge in [0.15, 0.2) is 0 Å². The molecule has 0 heterocycles. The minimum Gasteiger partial charge on any atom is -0.351 e. The quantitative estimate of drug-likeness (QED) is 0.826. The fraction of sp³-hybridized carbons (Fsp3) is 0.429. The third-order valence-electron chi connectivity index (χ3n) is 2.61. The van der Waals surface area contributed by atoms with Crippen LogP contribution in [0.25, 0.3) is 0 Å². The van der Waals surface area contributed by atoms with E-state index in [1.54, 1.807) is 12.1 Å². The van der Waals surface area contributed by atoms with Gasteiger partial charge in [-0.1, -0.05) is 26.0 Å². The number of carbonyl (C=O) groups excluding carboxylic acids is 1. The Bertz CT molecular complexity index is 431. The molecule has 1 atom stereocenters.